The lowest BCUT2D eigenvalue weighted by Crippen LogP contribution is -2.48. The molecule has 4 rings (SSSR count). The average molecular weight is 349 g/mol. The number of rotatable bonds is 2. The number of piperazine rings is 1. The summed E-state index contributed by atoms with van der Waals surface area (Å²) in [6.45, 7) is 2.76. The number of nitrogens with zero attached hydrogens (tertiary/aromatic N) is 4. The van der Waals surface area contributed by atoms with Crippen LogP contribution in [0.5, 0.6) is 0 Å². The third-order valence-electron chi connectivity index (χ3n) is 3.83. The molecule has 0 bridgehead atoms. The lowest BCUT2D eigenvalue weighted by molar-refractivity contribution is 0.0705. The zero-order chi connectivity index (χ0) is 15.8. The first-order valence-electron chi connectivity index (χ1n) is 7.22. The Labute approximate surface area is 141 Å². The number of hydrogen-bond acceptors (Lipinski definition) is 6. The fraction of sp³-hybridized carbons (Fsp3) is 0.267. The summed E-state index contributed by atoms with van der Waals surface area (Å²) in [7, 11) is 0. The fourth-order valence-corrected chi connectivity index (χ4v) is 3.90. The van der Waals surface area contributed by atoms with Gasteiger partial charge in [-0.15, -0.1) is 0 Å². The van der Waals surface area contributed by atoms with Gasteiger partial charge in [0.15, 0.2) is 5.13 Å². The fourth-order valence-electron chi connectivity index (χ4n) is 2.60. The zero-order valence-corrected chi connectivity index (χ0v) is 13.7. The highest BCUT2D eigenvalue weighted by Gasteiger charge is 2.25. The minimum Gasteiger partial charge on any atom is -0.351 e. The van der Waals surface area contributed by atoms with Gasteiger partial charge in [-0.25, -0.2) is 4.98 Å². The highest BCUT2D eigenvalue weighted by molar-refractivity contribution is 7.22. The number of benzene rings is 1. The normalized spacial score (nSPS) is 15.3. The third kappa shape index (κ3) is 2.77. The molecular formula is C15H13ClN4O2S. The maximum atomic E-state index is 12.2. The quantitative estimate of drug-likeness (QED) is 0.712. The molecule has 1 amide bonds. The van der Waals surface area contributed by atoms with Gasteiger partial charge < -0.3 is 14.3 Å². The van der Waals surface area contributed by atoms with Crippen LogP contribution in [0.1, 0.15) is 10.6 Å². The minimum absolute atomic E-state index is 0.113. The predicted molar refractivity (Wildman–Crippen MR) is 89.2 cm³/mol. The molecule has 1 aliphatic heterocycles. The minimum atomic E-state index is -0.113. The van der Waals surface area contributed by atoms with Crippen molar-refractivity contribution >= 4 is 44.2 Å². The summed E-state index contributed by atoms with van der Waals surface area (Å²) in [6, 6.07) is 7.30. The SMILES string of the molecule is O=C(c1ccno1)N1CCN(c2nc3ccc(Cl)cc3s2)CC1. The highest BCUT2D eigenvalue weighted by atomic mass is 35.5. The van der Waals surface area contributed by atoms with Crippen LogP contribution in [0.25, 0.3) is 10.2 Å². The number of halogens is 1. The van der Waals surface area contributed by atoms with Crippen LogP contribution >= 0.6 is 22.9 Å². The third-order valence-corrected chi connectivity index (χ3v) is 5.14. The van der Waals surface area contributed by atoms with E-state index in [9.17, 15) is 4.79 Å². The first kappa shape index (κ1) is 14.5. The Kier molecular flexibility index (Phi) is 3.66. The number of anilines is 1. The molecule has 8 heteroatoms. The second kappa shape index (κ2) is 5.82. The zero-order valence-electron chi connectivity index (χ0n) is 12.1. The van der Waals surface area contributed by atoms with Gasteiger partial charge in [0, 0.05) is 37.3 Å². The molecule has 6 nitrogen and oxygen atoms in total. The number of aromatic nitrogens is 2. The topological polar surface area (TPSA) is 62.5 Å². The second-order valence-electron chi connectivity index (χ2n) is 5.26. The predicted octanol–water partition coefficient (Wildman–Crippen LogP) is 2.90. The largest absolute Gasteiger partial charge is 0.351 e. The maximum absolute atomic E-state index is 12.2. The van der Waals surface area contributed by atoms with E-state index in [1.165, 1.54) is 6.20 Å². The molecule has 0 N–H and O–H groups in total. The maximum Gasteiger partial charge on any atom is 0.292 e. The van der Waals surface area contributed by atoms with Crippen LogP contribution in [0.4, 0.5) is 5.13 Å². The van der Waals surface area contributed by atoms with Crippen LogP contribution in [-0.2, 0) is 0 Å². The molecule has 1 aromatic carbocycles. The van der Waals surface area contributed by atoms with Gasteiger partial charge in [0.2, 0.25) is 5.76 Å². The van der Waals surface area contributed by atoms with Crippen molar-refractivity contribution < 1.29 is 9.32 Å². The van der Waals surface area contributed by atoms with Crippen molar-refractivity contribution in [2.45, 2.75) is 0 Å². The van der Waals surface area contributed by atoms with Crippen LogP contribution in [-0.4, -0.2) is 47.1 Å². The summed E-state index contributed by atoms with van der Waals surface area (Å²) >= 11 is 7.65. The Morgan fingerprint density at radius 1 is 1.22 bits per heavy atom. The van der Waals surface area contributed by atoms with Gasteiger partial charge in [-0.2, -0.15) is 0 Å². The van der Waals surface area contributed by atoms with E-state index in [1.807, 2.05) is 18.2 Å². The van der Waals surface area contributed by atoms with Crippen molar-refractivity contribution in [3.05, 3.63) is 41.2 Å². The van der Waals surface area contributed by atoms with Crippen LogP contribution in [0.2, 0.25) is 5.02 Å². The van der Waals surface area contributed by atoms with E-state index >= 15 is 0 Å². The van der Waals surface area contributed by atoms with Gasteiger partial charge in [0.1, 0.15) is 0 Å². The summed E-state index contributed by atoms with van der Waals surface area (Å²) in [5, 5.41) is 5.26. The summed E-state index contributed by atoms with van der Waals surface area (Å²) < 4.78 is 6.01. The van der Waals surface area contributed by atoms with Gasteiger partial charge >= 0.3 is 0 Å². The van der Waals surface area contributed by atoms with Gasteiger partial charge in [-0.3, -0.25) is 4.79 Å². The summed E-state index contributed by atoms with van der Waals surface area (Å²) in [5.74, 6) is 0.173. The molecular weight excluding hydrogens is 336 g/mol. The van der Waals surface area contributed by atoms with Crippen molar-refractivity contribution in [1.29, 1.82) is 0 Å². The molecule has 3 aromatic rings. The van der Waals surface area contributed by atoms with Crippen LogP contribution in [0, 0.1) is 0 Å². The monoisotopic (exact) mass is 348 g/mol. The molecule has 0 radical (unpaired) electrons. The molecule has 0 aliphatic carbocycles. The Morgan fingerprint density at radius 2 is 2.04 bits per heavy atom. The summed E-state index contributed by atoms with van der Waals surface area (Å²) in [6.07, 6.45) is 1.48. The van der Waals surface area contributed by atoms with E-state index in [0.29, 0.717) is 13.1 Å². The smallest absolute Gasteiger partial charge is 0.292 e. The van der Waals surface area contributed by atoms with Gasteiger partial charge in [-0.1, -0.05) is 28.1 Å². The first-order valence-corrected chi connectivity index (χ1v) is 8.41. The molecule has 0 saturated carbocycles. The average Bonchev–Trinajstić information content (AvgIpc) is 3.23. The first-order chi connectivity index (χ1) is 11.2. The lowest BCUT2D eigenvalue weighted by atomic mass is 10.3. The van der Waals surface area contributed by atoms with Crippen molar-refractivity contribution in [2.24, 2.45) is 0 Å². The van der Waals surface area contributed by atoms with Crippen molar-refractivity contribution in [1.82, 2.24) is 15.0 Å². The van der Waals surface area contributed by atoms with Gasteiger partial charge in [0.25, 0.3) is 5.91 Å². The van der Waals surface area contributed by atoms with Crippen LogP contribution in [0.15, 0.2) is 35.0 Å². The van der Waals surface area contributed by atoms with E-state index in [1.54, 1.807) is 22.3 Å². The standard InChI is InChI=1S/C15H13ClN4O2S/c16-10-1-2-11-13(9-10)23-15(18-11)20-7-5-19(6-8-20)14(21)12-3-4-17-22-12/h1-4,9H,5-8H2. The number of fused-ring (bicyclic) bond motifs is 1. The van der Waals surface area contributed by atoms with E-state index in [-0.39, 0.29) is 11.7 Å². The second-order valence-corrected chi connectivity index (χ2v) is 6.71. The van der Waals surface area contributed by atoms with Crippen LogP contribution < -0.4 is 4.90 Å². The number of carbonyl (C=O) groups excluding carboxylic acids is 1. The molecule has 1 aliphatic rings. The van der Waals surface area contributed by atoms with Gasteiger partial charge in [0.05, 0.1) is 16.4 Å². The Morgan fingerprint density at radius 3 is 2.78 bits per heavy atom. The number of amides is 1. The Bertz CT molecular complexity index is 840. The number of hydrogen-bond donors (Lipinski definition) is 0. The molecule has 3 heterocycles. The Hall–Kier alpha value is -2.12. The van der Waals surface area contributed by atoms with E-state index in [2.05, 4.69) is 15.0 Å². The molecule has 0 atom stereocenters. The molecule has 23 heavy (non-hydrogen) atoms. The number of thiazole rings is 1. The van der Waals surface area contributed by atoms with Crippen molar-refractivity contribution in [3.8, 4) is 0 Å². The molecule has 2 aromatic heterocycles. The van der Waals surface area contributed by atoms with Gasteiger partial charge in [-0.05, 0) is 18.2 Å². The lowest BCUT2D eigenvalue weighted by Gasteiger charge is -2.33. The molecule has 1 fully saturated rings. The van der Waals surface area contributed by atoms with E-state index in [0.717, 1.165) is 33.5 Å². The molecule has 0 spiro atoms. The van der Waals surface area contributed by atoms with Crippen molar-refractivity contribution in [3.63, 3.8) is 0 Å². The number of carbonyl (C=O) groups is 1. The highest BCUT2D eigenvalue weighted by Crippen LogP contribution is 2.31. The molecule has 0 unspecified atom stereocenters. The summed E-state index contributed by atoms with van der Waals surface area (Å²) in [5.41, 5.74) is 0.953. The summed E-state index contributed by atoms with van der Waals surface area (Å²) in [4.78, 5) is 20.9. The van der Waals surface area contributed by atoms with Crippen LogP contribution in [0.3, 0.4) is 0 Å². The Balaban J connectivity index is 1.47. The van der Waals surface area contributed by atoms with E-state index in [4.69, 9.17) is 16.1 Å². The van der Waals surface area contributed by atoms with Crippen molar-refractivity contribution in [2.75, 3.05) is 31.1 Å². The van der Waals surface area contributed by atoms with E-state index < -0.39 is 0 Å². The molecule has 1 saturated heterocycles. The molecule has 118 valence electrons.